The lowest BCUT2D eigenvalue weighted by atomic mass is 9.69. The van der Waals surface area contributed by atoms with Crippen molar-refractivity contribution < 1.29 is 13.2 Å². The van der Waals surface area contributed by atoms with E-state index in [9.17, 15) is 18.4 Å². The van der Waals surface area contributed by atoms with Crippen molar-refractivity contribution in [2.45, 2.75) is 56.4 Å². The largest absolute Gasteiger partial charge is 0.451 e. The highest BCUT2D eigenvalue weighted by Gasteiger charge is 2.42. The molecule has 1 aromatic heterocycles. The van der Waals surface area contributed by atoms with E-state index < -0.39 is 17.4 Å². The fourth-order valence-electron chi connectivity index (χ4n) is 4.38. The minimum absolute atomic E-state index is 0.246. The first-order valence-electron chi connectivity index (χ1n) is 9.13. The fourth-order valence-corrected chi connectivity index (χ4v) is 4.38. The number of hydrogen-bond donors (Lipinski definition) is 0. The standard InChI is InChI=1S/C19H20F3N5/c20-19(21,22)17-25-24-16-12-26(10-11-27(16)17)15-6-8-18(13-23,9-7-15)14-4-2-1-3-5-14/h1-5,15H,6-12H2/t15-,18+. The van der Waals surface area contributed by atoms with Crippen LogP contribution >= 0.6 is 0 Å². The van der Waals surface area contributed by atoms with Crippen molar-refractivity contribution in [2.75, 3.05) is 6.54 Å². The van der Waals surface area contributed by atoms with Gasteiger partial charge in [-0.1, -0.05) is 30.3 Å². The molecule has 4 rings (SSSR count). The van der Waals surface area contributed by atoms with Crippen LogP contribution in [0.4, 0.5) is 13.2 Å². The zero-order chi connectivity index (χ0) is 19.1. The molecule has 2 heterocycles. The molecule has 0 amide bonds. The zero-order valence-corrected chi connectivity index (χ0v) is 14.8. The molecule has 2 aliphatic rings. The Morgan fingerprint density at radius 1 is 1.07 bits per heavy atom. The minimum atomic E-state index is -4.47. The van der Waals surface area contributed by atoms with Crippen LogP contribution in [-0.2, 0) is 24.7 Å². The summed E-state index contributed by atoms with van der Waals surface area (Å²) in [5, 5.41) is 16.9. The number of halogens is 3. The van der Waals surface area contributed by atoms with Crippen molar-refractivity contribution in [3.63, 3.8) is 0 Å². The topological polar surface area (TPSA) is 57.7 Å². The summed E-state index contributed by atoms with van der Waals surface area (Å²) in [5.41, 5.74) is 0.593. The third-order valence-electron chi connectivity index (χ3n) is 5.90. The molecule has 1 aliphatic carbocycles. The number of rotatable bonds is 2. The summed E-state index contributed by atoms with van der Waals surface area (Å²) in [7, 11) is 0. The highest BCUT2D eigenvalue weighted by Crippen LogP contribution is 2.41. The third-order valence-corrected chi connectivity index (χ3v) is 5.90. The summed E-state index contributed by atoms with van der Waals surface area (Å²) in [6, 6.07) is 12.6. The van der Waals surface area contributed by atoms with E-state index >= 15 is 0 Å². The van der Waals surface area contributed by atoms with E-state index in [1.54, 1.807) is 0 Å². The molecule has 0 atom stereocenters. The molecule has 1 saturated carbocycles. The van der Waals surface area contributed by atoms with Crippen LogP contribution in [0.2, 0.25) is 0 Å². The summed E-state index contributed by atoms with van der Waals surface area (Å²) in [6.45, 7) is 1.16. The summed E-state index contributed by atoms with van der Waals surface area (Å²) in [6.07, 6.45) is -1.25. The lowest BCUT2D eigenvalue weighted by Crippen LogP contribution is -2.45. The smallest absolute Gasteiger partial charge is 0.305 e. The molecule has 0 unspecified atom stereocenters. The first-order chi connectivity index (χ1) is 12.9. The molecular weight excluding hydrogens is 355 g/mol. The van der Waals surface area contributed by atoms with Crippen LogP contribution in [0.15, 0.2) is 30.3 Å². The van der Waals surface area contributed by atoms with Crippen LogP contribution in [0.25, 0.3) is 0 Å². The molecule has 0 N–H and O–H groups in total. The van der Waals surface area contributed by atoms with Crippen molar-refractivity contribution in [1.82, 2.24) is 19.7 Å². The van der Waals surface area contributed by atoms with Gasteiger partial charge in [-0.25, -0.2) is 0 Å². The van der Waals surface area contributed by atoms with Gasteiger partial charge >= 0.3 is 6.18 Å². The van der Waals surface area contributed by atoms with Crippen molar-refractivity contribution in [3.05, 3.63) is 47.5 Å². The number of aromatic nitrogens is 3. The van der Waals surface area contributed by atoms with E-state index in [0.29, 0.717) is 18.9 Å². The predicted molar refractivity (Wildman–Crippen MR) is 91.4 cm³/mol. The first kappa shape index (κ1) is 18.0. The molecule has 0 radical (unpaired) electrons. The first-order valence-corrected chi connectivity index (χ1v) is 9.13. The molecule has 5 nitrogen and oxygen atoms in total. The third kappa shape index (κ3) is 3.21. The van der Waals surface area contributed by atoms with Gasteiger partial charge in [-0.15, -0.1) is 10.2 Å². The van der Waals surface area contributed by atoms with E-state index in [0.717, 1.165) is 31.2 Å². The molecular formula is C19H20F3N5. The molecule has 142 valence electrons. The Kier molecular flexibility index (Phi) is 4.42. The van der Waals surface area contributed by atoms with Gasteiger partial charge in [0.05, 0.1) is 18.0 Å². The Morgan fingerprint density at radius 2 is 1.78 bits per heavy atom. The Labute approximate surface area is 155 Å². The minimum Gasteiger partial charge on any atom is -0.305 e. The summed E-state index contributed by atoms with van der Waals surface area (Å²) < 4.78 is 40.1. The van der Waals surface area contributed by atoms with Crippen LogP contribution in [0.1, 0.15) is 42.9 Å². The maximum atomic E-state index is 13.0. The summed E-state index contributed by atoms with van der Waals surface area (Å²) in [4.78, 5) is 2.19. The van der Waals surface area contributed by atoms with E-state index in [-0.39, 0.29) is 12.6 Å². The molecule has 8 heteroatoms. The zero-order valence-electron chi connectivity index (χ0n) is 14.8. The number of nitrogens with zero attached hydrogens (tertiary/aromatic N) is 5. The summed E-state index contributed by atoms with van der Waals surface area (Å²) in [5.74, 6) is -0.540. The highest BCUT2D eigenvalue weighted by molar-refractivity contribution is 5.33. The Morgan fingerprint density at radius 3 is 2.41 bits per heavy atom. The fraction of sp³-hybridized carbons (Fsp3) is 0.526. The molecule has 0 bridgehead atoms. The van der Waals surface area contributed by atoms with E-state index in [1.165, 1.54) is 4.57 Å². The second kappa shape index (κ2) is 6.64. The quantitative estimate of drug-likeness (QED) is 0.806. The molecule has 1 fully saturated rings. The van der Waals surface area contributed by atoms with Gasteiger partial charge in [-0.2, -0.15) is 18.4 Å². The maximum absolute atomic E-state index is 13.0. The SMILES string of the molecule is N#C[C@]1(c2ccccc2)CC[C@@H](N2CCn3c(nnc3C(F)(F)F)C2)CC1. The van der Waals surface area contributed by atoms with E-state index in [2.05, 4.69) is 21.2 Å². The summed E-state index contributed by atoms with van der Waals surface area (Å²) >= 11 is 0. The van der Waals surface area contributed by atoms with Crippen molar-refractivity contribution in [2.24, 2.45) is 0 Å². The maximum Gasteiger partial charge on any atom is 0.451 e. The number of fused-ring (bicyclic) bond motifs is 1. The Balaban J connectivity index is 1.45. The number of nitriles is 1. The lowest BCUT2D eigenvalue weighted by molar-refractivity contribution is -0.148. The second-order valence-electron chi connectivity index (χ2n) is 7.35. The normalized spacial score (nSPS) is 26.4. The number of benzene rings is 1. The van der Waals surface area contributed by atoms with Crippen molar-refractivity contribution >= 4 is 0 Å². The average Bonchev–Trinajstić information content (AvgIpc) is 3.12. The van der Waals surface area contributed by atoms with Gasteiger partial charge in [0.2, 0.25) is 5.82 Å². The predicted octanol–water partition coefficient (Wildman–Crippen LogP) is 3.52. The molecule has 2 aromatic rings. The average molecular weight is 375 g/mol. The molecule has 27 heavy (non-hydrogen) atoms. The van der Waals surface area contributed by atoms with Crippen LogP contribution in [0.5, 0.6) is 0 Å². The highest BCUT2D eigenvalue weighted by atomic mass is 19.4. The van der Waals surface area contributed by atoms with Gasteiger partial charge in [0.15, 0.2) is 0 Å². The van der Waals surface area contributed by atoms with Gasteiger partial charge in [-0.3, -0.25) is 4.90 Å². The van der Waals surface area contributed by atoms with Gasteiger partial charge < -0.3 is 4.57 Å². The van der Waals surface area contributed by atoms with E-state index in [4.69, 9.17) is 0 Å². The molecule has 1 aliphatic heterocycles. The lowest BCUT2D eigenvalue weighted by Gasteiger charge is -2.41. The monoisotopic (exact) mass is 375 g/mol. The van der Waals surface area contributed by atoms with Crippen LogP contribution in [-0.4, -0.2) is 32.3 Å². The Hall–Kier alpha value is -2.40. The number of hydrogen-bond acceptors (Lipinski definition) is 4. The Bertz CT molecular complexity index is 844. The molecule has 1 aromatic carbocycles. The van der Waals surface area contributed by atoms with E-state index in [1.807, 2.05) is 30.3 Å². The van der Waals surface area contributed by atoms with Crippen LogP contribution in [0, 0.1) is 11.3 Å². The van der Waals surface area contributed by atoms with Crippen molar-refractivity contribution in [1.29, 1.82) is 5.26 Å². The van der Waals surface area contributed by atoms with Gasteiger partial charge in [0.25, 0.3) is 0 Å². The van der Waals surface area contributed by atoms with Crippen LogP contribution in [0.3, 0.4) is 0 Å². The van der Waals surface area contributed by atoms with Crippen molar-refractivity contribution in [3.8, 4) is 6.07 Å². The number of alkyl halides is 3. The van der Waals surface area contributed by atoms with Crippen LogP contribution < -0.4 is 0 Å². The second-order valence-corrected chi connectivity index (χ2v) is 7.35. The van der Waals surface area contributed by atoms with Gasteiger partial charge in [-0.05, 0) is 31.2 Å². The van der Waals surface area contributed by atoms with Gasteiger partial charge in [0, 0.05) is 19.1 Å². The molecule has 0 spiro atoms. The van der Waals surface area contributed by atoms with Gasteiger partial charge in [0.1, 0.15) is 5.82 Å². The molecule has 0 saturated heterocycles.